The molecule has 28 heavy (non-hydrogen) atoms. The zero-order chi connectivity index (χ0) is 19.7. The predicted molar refractivity (Wildman–Crippen MR) is 100 cm³/mol. The van der Waals surface area contributed by atoms with Crippen LogP contribution in [0.3, 0.4) is 0 Å². The maximum Gasteiger partial charge on any atom is 0.416 e. The number of nitrogens with one attached hydrogen (secondary N) is 2. The molecule has 4 rings (SSSR count). The lowest BCUT2D eigenvalue weighted by atomic mass is 10.1. The number of rotatable bonds is 4. The highest BCUT2D eigenvalue weighted by Crippen LogP contribution is 2.32. The first-order chi connectivity index (χ1) is 13.4. The van der Waals surface area contributed by atoms with Crippen LogP contribution in [0.25, 0.3) is 22.3 Å². The van der Waals surface area contributed by atoms with Crippen molar-refractivity contribution in [3.05, 3.63) is 66.0 Å². The molecule has 0 aliphatic rings. The largest absolute Gasteiger partial charge is 0.416 e. The molecule has 0 atom stereocenters. The van der Waals surface area contributed by atoms with Gasteiger partial charge in [0, 0.05) is 17.8 Å². The Balaban J connectivity index is 1.67. The summed E-state index contributed by atoms with van der Waals surface area (Å²) in [7, 11) is 0. The van der Waals surface area contributed by atoms with Crippen LogP contribution in [0.1, 0.15) is 11.1 Å². The van der Waals surface area contributed by atoms with Gasteiger partial charge in [-0.3, -0.25) is 5.10 Å². The van der Waals surface area contributed by atoms with Crippen molar-refractivity contribution in [2.24, 2.45) is 0 Å². The topological polar surface area (TPSA) is 92.5 Å². The number of fused-ring (bicyclic) bond motifs is 1. The fourth-order valence-corrected chi connectivity index (χ4v) is 2.94. The van der Waals surface area contributed by atoms with E-state index in [1.54, 1.807) is 18.2 Å². The van der Waals surface area contributed by atoms with Crippen molar-refractivity contribution in [3.63, 3.8) is 0 Å². The zero-order valence-corrected chi connectivity index (χ0v) is 14.5. The summed E-state index contributed by atoms with van der Waals surface area (Å²) in [5.41, 5.74) is 8.17. The number of hydrogen-bond acceptors (Lipinski definition) is 5. The number of aromatic amines is 1. The fraction of sp³-hybridized carbons (Fsp3) is 0.105. The van der Waals surface area contributed by atoms with Crippen LogP contribution in [-0.2, 0) is 12.7 Å². The molecule has 0 fully saturated rings. The van der Waals surface area contributed by atoms with Crippen molar-refractivity contribution in [1.82, 2.24) is 20.2 Å². The van der Waals surface area contributed by atoms with Crippen LogP contribution in [0.2, 0.25) is 0 Å². The molecule has 0 bridgehead atoms. The molecule has 2 heterocycles. The van der Waals surface area contributed by atoms with E-state index in [9.17, 15) is 13.2 Å². The SMILES string of the molecule is Nc1cccc(-c2[nH]nc3ncnc(NCc4cccc(C(F)(F)F)c4)c23)c1. The van der Waals surface area contributed by atoms with Gasteiger partial charge in [0.2, 0.25) is 0 Å². The van der Waals surface area contributed by atoms with Gasteiger partial charge < -0.3 is 11.1 Å². The number of halogens is 3. The lowest BCUT2D eigenvalue weighted by Crippen LogP contribution is -2.07. The van der Waals surface area contributed by atoms with Gasteiger partial charge in [0.25, 0.3) is 0 Å². The number of aromatic nitrogens is 4. The fourth-order valence-electron chi connectivity index (χ4n) is 2.94. The Bertz CT molecular complexity index is 1140. The lowest BCUT2D eigenvalue weighted by Gasteiger charge is -2.11. The molecular formula is C19H15F3N6. The number of alkyl halides is 3. The number of hydrogen-bond donors (Lipinski definition) is 3. The summed E-state index contributed by atoms with van der Waals surface area (Å²) < 4.78 is 38.7. The number of anilines is 2. The Kier molecular flexibility index (Phi) is 4.34. The first-order valence-corrected chi connectivity index (χ1v) is 8.37. The van der Waals surface area contributed by atoms with E-state index in [-0.39, 0.29) is 6.54 Å². The van der Waals surface area contributed by atoms with Crippen molar-refractivity contribution >= 4 is 22.5 Å². The molecular weight excluding hydrogens is 369 g/mol. The summed E-state index contributed by atoms with van der Waals surface area (Å²) in [6, 6.07) is 12.4. The molecule has 0 amide bonds. The quantitative estimate of drug-likeness (QED) is 0.458. The van der Waals surface area contributed by atoms with Gasteiger partial charge >= 0.3 is 6.18 Å². The maximum atomic E-state index is 12.9. The Morgan fingerprint density at radius 2 is 1.86 bits per heavy atom. The minimum Gasteiger partial charge on any atom is -0.399 e. The molecule has 4 N–H and O–H groups in total. The van der Waals surface area contributed by atoms with Crippen LogP contribution in [-0.4, -0.2) is 20.2 Å². The lowest BCUT2D eigenvalue weighted by molar-refractivity contribution is -0.137. The summed E-state index contributed by atoms with van der Waals surface area (Å²) in [5, 5.41) is 10.8. The first-order valence-electron chi connectivity index (χ1n) is 8.37. The van der Waals surface area contributed by atoms with Crippen molar-refractivity contribution in [2.75, 3.05) is 11.1 Å². The van der Waals surface area contributed by atoms with Crippen LogP contribution in [0.4, 0.5) is 24.7 Å². The van der Waals surface area contributed by atoms with E-state index < -0.39 is 11.7 Å². The van der Waals surface area contributed by atoms with Gasteiger partial charge in [-0.05, 0) is 29.8 Å². The molecule has 0 saturated heterocycles. The van der Waals surface area contributed by atoms with E-state index >= 15 is 0 Å². The average Bonchev–Trinajstić information content (AvgIpc) is 3.11. The predicted octanol–water partition coefficient (Wildman–Crippen LogP) is 4.23. The third-order valence-corrected chi connectivity index (χ3v) is 4.24. The van der Waals surface area contributed by atoms with Crippen LogP contribution in [0, 0.1) is 0 Å². The highest BCUT2D eigenvalue weighted by atomic mass is 19.4. The molecule has 0 unspecified atom stereocenters. The third-order valence-electron chi connectivity index (χ3n) is 4.24. The molecule has 2 aromatic carbocycles. The first kappa shape index (κ1) is 17.8. The van der Waals surface area contributed by atoms with E-state index in [1.165, 1.54) is 12.4 Å². The van der Waals surface area contributed by atoms with E-state index in [0.717, 1.165) is 17.7 Å². The summed E-state index contributed by atoms with van der Waals surface area (Å²) in [6.07, 6.45) is -3.04. The number of nitrogens with two attached hydrogens (primary N) is 1. The monoisotopic (exact) mass is 384 g/mol. The van der Waals surface area contributed by atoms with Crippen molar-refractivity contribution in [2.45, 2.75) is 12.7 Å². The average molecular weight is 384 g/mol. The van der Waals surface area contributed by atoms with Crippen molar-refractivity contribution in [1.29, 1.82) is 0 Å². The summed E-state index contributed by atoms with van der Waals surface area (Å²) >= 11 is 0. The van der Waals surface area contributed by atoms with Gasteiger partial charge in [0.1, 0.15) is 12.1 Å². The molecule has 2 aromatic heterocycles. The number of H-pyrrole nitrogens is 1. The van der Waals surface area contributed by atoms with Crippen LogP contribution < -0.4 is 11.1 Å². The Morgan fingerprint density at radius 1 is 1.04 bits per heavy atom. The normalized spacial score (nSPS) is 11.7. The Labute approximate surface area is 157 Å². The van der Waals surface area contributed by atoms with Crippen molar-refractivity contribution in [3.8, 4) is 11.3 Å². The maximum absolute atomic E-state index is 12.9. The van der Waals surface area contributed by atoms with E-state index in [4.69, 9.17) is 5.73 Å². The molecule has 9 heteroatoms. The molecule has 0 spiro atoms. The molecule has 0 saturated carbocycles. The second kappa shape index (κ2) is 6.84. The van der Waals surface area contributed by atoms with Gasteiger partial charge in [-0.2, -0.15) is 18.3 Å². The van der Waals surface area contributed by atoms with Crippen LogP contribution >= 0.6 is 0 Å². The second-order valence-corrected chi connectivity index (χ2v) is 6.20. The van der Waals surface area contributed by atoms with E-state index in [2.05, 4.69) is 25.5 Å². The minimum absolute atomic E-state index is 0.164. The minimum atomic E-state index is -4.39. The summed E-state index contributed by atoms with van der Waals surface area (Å²) in [4.78, 5) is 8.38. The van der Waals surface area contributed by atoms with Crippen LogP contribution in [0.15, 0.2) is 54.9 Å². The number of nitrogens with zero attached hydrogens (tertiary/aromatic N) is 3. The molecule has 142 valence electrons. The van der Waals surface area contributed by atoms with E-state index in [0.29, 0.717) is 33.8 Å². The van der Waals surface area contributed by atoms with Crippen LogP contribution in [0.5, 0.6) is 0 Å². The van der Waals surface area contributed by atoms with Crippen molar-refractivity contribution < 1.29 is 13.2 Å². The smallest absolute Gasteiger partial charge is 0.399 e. The highest BCUT2D eigenvalue weighted by Gasteiger charge is 2.30. The molecule has 0 radical (unpaired) electrons. The molecule has 0 aliphatic heterocycles. The number of benzene rings is 2. The zero-order valence-electron chi connectivity index (χ0n) is 14.5. The third kappa shape index (κ3) is 3.46. The molecule has 6 nitrogen and oxygen atoms in total. The Morgan fingerprint density at radius 3 is 2.64 bits per heavy atom. The summed E-state index contributed by atoms with van der Waals surface area (Å²) in [5.74, 6) is 0.466. The van der Waals surface area contributed by atoms with Gasteiger partial charge in [0.05, 0.1) is 16.6 Å². The Hall–Kier alpha value is -3.62. The molecule has 4 aromatic rings. The highest BCUT2D eigenvalue weighted by molar-refractivity contribution is 5.98. The summed E-state index contributed by atoms with van der Waals surface area (Å²) in [6.45, 7) is 0.164. The van der Waals surface area contributed by atoms with E-state index in [1.807, 2.05) is 12.1 Å². The standard InChI is InChI=1S/C19H15F3N6/c20-19(21,22)13-5-1-3-11(7-13)9-24-17-15-16(12-4-2-6-14(23)8-12)27-28-18(15)26-10-25-17/h1-8,10H,9,23H2,(H2,24,25,26,27,28). The molecule has 0 aliphatic carbocycles. The second-order valence-electron chi connectivity index (χ2n) is 6.20. The van der Waals surface area contributed by atoms with Gasteiger partial charge in [-0.25, -0.2) is 9.97 Å². The number of nitrogen functional groups attached to an aromatic ring is 1. The van der Waals surface area contributed by atoms with Gasteiger partial charge in [-0.15, -0.1) is 0 Å². The van der Waals surface area contributed by atoms with Gasteiger partial charge in [0.15, 0.2) is 5.65 Å². The van der Waals surface area contributed by atoms with Gasteiger partial charge in [-0.1, -0.05) is 24.3 Å².